The van der Waals surface area contributed by atoms with Crippen molar-refractivity contribution in [3.63, 3.8) is 0 Å². The standard InChI is InChI=1S/C26H26N4O/c1-17-11-26(12-17)13-22(14-26)29-25(31)23-24-19(7-4-8-30(24)16-28-23)10-21-9-18-5-2-3-6-20(18)15-27-21/h2-9,15-17,22H,10-14H2,1H3,(H,29,31). The molecule has 1 amide bonds. The lowest BCUT2D eigenvalue weighted by Crippen LogP contribution is -2.55. The van der Waals surface area contributed by atoms with Gasteiger partial charge in [-0.2, -0.15) is 0 Å². The minimum Gasteiger partial charge on any atom is -0.348 e. The van der Waals surface area contributed by atoms with E-state index in [1.807, 2.05) is 35.0 Å². The zero-order valence-electron chi connectivity index (χ0n) is 17.7. The van der Waals surface area contributed by atoms with Gasteiger partial charge in [0.05, 0.1) is 5.52 Å². The number of carbonyl (C=O) groups is 1. The van der Waals surface area contributed by atoms with Gasteiger partial charge in [0.1, 0.15) is 6.33 Å². The van der Waals surface area contributed by atoms with Gasteiger partial charge in [-0.25, -0.2) is 4.98 Å². The van der Waals surface area contributed by atoms with E-state index in [0.717, 1.165) is 40.9 Å². The molecule has 2 aliphatic carbocycles. The number of nitrogens with one attached hydrogen (secondary N) is 1. The minimum absolute atomic E-state index is 0.0614. The quantitative estimate of drug-likeness (QED) is 0.527. The van der Waals surface area contributed by atoms with Crippen LogP contribution in [0.25, 0.3) is 16.3 Å². The molecule has 2 fully saturated rings. The largest absolute Gasteiger partial charge is 0.348 e. The minimum atomic E-state index is -0.0614. The zero-order valence-corrected chi connectivity index (χ0v) is 17.7. The molecule has 4 aromatic rings. The Balaban J connectivity index is 1.25. The van der Waals surface area contributed by atoms with Crippen LogP contribution < -0.4 is 5.32 Å². The molecule has 2 aliphatic rings. The molecule has 31 heavy (non-hydrogen) atoms. The van der Waals surface area contributed by atoms with Gasteiger partial charge in [-0.15, -0.1) is 0 Å². The molecule has 1 spiro atoms. The molecule has 0 atom stereocenters. The van der Waals surface area contributed by atoms with Crippen LogP contribution in [0.1, 0.15) is 54.4 Å². The smallest absolute Gasteiger partial charge is 0.272 e. The lowest BCUT2D eigenvalue weighted by atomic mass is 9.50. The fraction of sp³-hybridized carbons (Fsp3) is 0.346. The molecule has 5 nitrogen and oxygen atoms in total. The van der Waals surface area contributed by atoms with E-state index in [4.69, 9.17) is 0 Å². The van der Waals surface area contributed by atoms with E-state index < -0.39 is 0 Å². The number of aromatic nitrogens is 3. The highest BCUT2D eigenvalue weighted by Gasteiger charge is 2.51. The third-order valence-corrected chi connectivity index (χ3v) is 7.17. The van der Waals surface area contributed by atoms with Crippen LogP contribution in [0.3, 0.4) is 0 Å². The lowest BCUT2D eigenvalue weighted by Gasteiger charge is -2.57. The second kappa shape index (κ2) is 6.91. The molecule has 0 saturated heterocycles. The number of imidazole rings is 1. The van der Waals surface area contributed by atoms with Crippen molar-refractivity contribution in [1.82, 2.24) is 19.7 Å². The van der Waals surface area contributed by atoms with E-state index in [0.29, 0.717) is 17.5 Å². The van der Waals surface area contributed by atoms with Gasteiger partial charge < -0.3 is 9.72 Å². The third-order valence-electron chi connectivity index (χ3n) is 7.17. The molecule has 0 aliphatic heterocycles. The summed E-state index contributed by atoms with van der Waals surface area (Å²) in [6, 6.07) is 14.7. The van der Waals surface area contributed by atoms with E-state index in [1.54, 1.807) is 6.33 Å². The van der Waals surface area contributed by atoms with E-state index in [-0.39, 0.29) is 11.9 Å². The van der Waals surface area contributed by atoms with Crippen LogP contribution in [0.4, 0.5) is 0 Å². The fourth-order valence-corrected chi connectivity index (χ4v) is 5.95. The van der Waals surface area contributed by atoms with Crippen LogP contribution in [0.15, 0.2) is 61.2 Å². The maximum atomic E-state index is 13.1. The molecule has 156 valence electrons. The normalized spacial score (nSPS) is 24.8. The Morgan fingerprint density at radius 1 is 1.10 bits per heavy atom. The van der Waals surface area contributed by atoms with Gasteiger partial charge in [-0.3, -0.25) is 9.78 Å². The number of rotatable bonds is 4. The Morgan fingerprint density at radius 3 is 2.71 bits per heavy atom. The molecule has 1 N–H and O–H groups in total. The lowest BCUT2D eigenvalue weighted by molar-refractivity contribution is -0.0399. The summed E-state index contributed by atoms with van der Waals surface area (Å²) in [5, 5.41) is 5.54. The number of amides is 1. The Morgan fingerprint density at radius 2 is 1.90 bits per heavy atom. The van der Waals surface area contributed by atoms with E-state index in [2.05, 4.69) is 46.5 Å². The van der Waals surface area contributed by atoms with E-state index in [1.165, 1.54) is 18.2 Å². The van der Waals surface area contributed by atoms with Crippen molar-refractivity contribution in [2.24, 2.45) is 11.3 Å². The van der Waals surface area contributed by atoms with Gasteiger partial charge in [-0.1, -0.05) is 37.3 Å². The van der Waals surface area contributed by atoms with E-state index in [9.17, 15) is 4.79 Å². The summed E-state index contributed by atoms with van der Waals surface area (Å²) in [5.74, 6) is 0.786. The molecule has 1 aromatic carbocycles. The maximum Gasteiger partial charge on any atom is 0.272 e. The van der Waals surface area contributed by atoms with Crippen molar-refractivity contribution in [2.45, 2.75) is 45.1 Å². The first kappa shape index (κ1) is 18.6. The second-order valence-electron chi connectivity index (χ2n) is 9.67. The number of hydrogen-bond donors (Lipinski definition) is 1. The molecule has 3 heterocycles. The number of fused-ring (bicyclic) bond motifs is 2. The summed E-state index contributed by atoms with van der Waals surface area (Å²) >= 11 is 0. The molecule has 0 unspecified atom stereocenters. The first-order chi connectivity index (χ1) is 15.1. The van der Waals surface area contributed by atoms with E-state index >= 15 is 0 Å². The number of benzene rings is 1. The summed E-state index contributed by atoms with van der Waals surface area (Å²) in [6.07, 6.45) is 11.1. The average Bonchev–Trinajstić information content (AvgIpc) is 3.16. The SMILES string of the molecule is CC1CC2(C1)CC(NC(=O)c1ncn3cccc(Cc4cc5ccccc5cn4)c13)C2. The Hall–Kier alpha value is -3.21. The van der Waals surface area contributed by atoms with Crippen molar-refractivity contribution < 1.29 is 4.79 Å². The van der Waals surface area contributed by atoms with Crippen LogP contribution >= 0.6 is 0 Å². The number of pyridine rings is 2. The number of carbonyl (C=O) groups excluding carboxylic acids is 1. The van der Waals surface area contributed by atoms with Crippen LogP contribution in [0.5, 0.6) is 0 Å². The van der Waals surface area contributed by atoms with Gasteiger partial charge in [-0.05, 0) is 60.1 Å². The molecule has 0 radical (unpaired) electrons. The Bertz CT molecular complexity index is 1290. The van der Waals surface area contributed by atoms with Crippen molar-refractivity contribution in [2.75, 3.05) is 0 Å². The second-order valence-corrected chi connectivity index (χ2v) is 9.67. The highest BCUT2D eigenvalue weighted by atomic mass is 16.2. The van der Waals surface area contributed by atoms with Crippen LogP contribution in [-0.2, 0) is 6.42 Å². The third kappa shape index (κ3) is 3.19. The van der Waals surface area contributed by atoms with Gasteiger partial charge in [0, 0.05) is 35.9 Å². The van der Waals surface area contributed by atoms with Gasteiger partial charge in [0.15, 0.2) is 5.69 Å². The predicted molar refractivity (Wildman–Crippen MR) is 121 cm³/mol. The predicted octanol–water partition coefficient (Wildman–Crippen LogP) is 4.78. The first-order valence-corrected chi connectivity index (χ1v) is 11.2. The average molecular weight is 411 g/mol. The Kier molecular flexibility index (Phi) is 4.13. The molecule has 2 saturated carbocycles. The Labute approximate surface area is 181 Å². The summed E-state index contributed by atoms with van der Waals surface area (Å²) in [5.41, 5.74) is 3.95. The maximum absolute atomic E-state index is 13.1. The van der Waals surface area contributed by atoms with Crippen LogP contribution in [0.2, 0.25) is 0 Å². The van der Waals surface area contributed by atoms with Gasteiger partial charge >= 0.3 is 0 Å². The fourth-order valence-electron chi connectivity index (χ4n) is 5.95. The van der Waals surface area contributed by atoms with Crippen molar-refractivity contribution in [3.8, 4) is 0 Å². The molecule has 3 aromatic heterocycles. The topological polar surface area (TPSA) is 59.3 Å². The van der Waals surface area contributed by atoms with Crippen LogP contribution in [0, 0.1) is 11.3 Å². The molecule has 6 rings (SSSR count). The van der Waals surface area contributed by atoms with Crippen molar-refractivity contribution >= 4 is 22.2 Å². The van der Waals surface area contributed by atoms with Gasteiger partial charge in [0.25, 0.3) is 5.91 Å². The zero-order chi connectivity index (χ0) is 21.0. The summed E-state index contributed by atoms with van der Waals surface area (Å²) < 4.78 is 1.95. The molecular formula is C26H26N4O. The molecule has 5 heteroatoms. The molecular weight excluding hydrogens is 384 g/mol. The number of hydrogen-bond acceptors (Lipinski definition) is 3. The monoisotopic (exact) mass is 410 g/mol. The van der Waals surface area contributed by atoms with Gasteiger partial charge in [0.2, 0.25) is 0 Å². The summed E-state index contributed by atoms with van der Waals surface area (Å²) in [7, 11) is 0. The summed E-state index contributed by atoms with van der Waals surface area (Å²) in [4.78, 5) is 22.2. The van der Waals surface area contributed by atoms with Crippen LogP contribution in [-0.4, -0.2) is 26.3 Å². The van der Waals surface area contributed by atoms with Crippen molar-refractivity contribution in [3.05, 3.63) is 78.1 Å². The number of nitrogens with zero attached hydrogens (tertiary/aromatic N) is 3. The highest BCUT2D eigenvalue weighted by molar-refractivity contribution is 6.00. The summed E-state index contributed by atoms with van der Waals surface area (Å²) in [6.45, 7) is 2.32. The highest BCUT2D eigenvalue weighted by Crippen LogP contribution is 2.58. The molecule has 0 bridgehead atoms. The van der Waals surface area contributed by atoms with Crippen molar-refractivity contribution in [1.29, 1.82) is 0 Å². The first-order valence-electron chi connectivity index (χ1n) is 11.2.